The molecular formula is C23H21BrN2O4. The Labute approximate surface area is 183 Å². The molecule has 2 amide bonds. The number of rotatable bonds is 5. The van der Waals surface area contributed by atoms with Crippen LogP contribution in [-0.2, 0) is 13.0 Å². The molecule has 0 bridgehead atoms. The maximum absolute atomic E-state index is 13.2. The fourth-order valence-electron chi connectivity index (χ4n) is 3.65. The molecular weight excluding hydrogens is 448 g/mol. The molecule has 154 valence electrons. The van der Waals surface area contributed by atoms with E-state index in [2.05, 4.69) is 21.2 Å². The summed E-state index contributed by atoms with van der Waals surface area (Å²) in [5, 5.41) is 2.85. The number of methoxy groups -OCH3 is 1. The van der Waals surface area contributed by atoms with Gasteiger partial charge in [-0.05, 0) is 82.9 Å². The molecule has 1 aromatic heterocycles. The van der Waals surface area contributed by atoms with Gasteiger partial charge in [-0.1, -0.05) is 12.1 Å². The molecule has 0 saturated carbocycles. The Morgan fingerprint density at radius 2 is 1.93 bits per heavy atom. The van der Waals surface area contributed by atoms with Crippen LogP contribution in [0.3, 0.4) is 0 Å². The standard InChI is InChI=1S/C23H21BrN2O4/c1-14-11-17-4-3-15(13-25-22(27)20-9-10-21(24)30-20)12-19(17)26(14)23(28)16-5-7-18(29-2)8-6-16/h3-10,12,14H,11,13H2,1-2H3,(H,25,27)/t14-/m1/s1. The molecule has 30 heavy (non-hydrogen) atoms. The lowest BCUT2D eigenvalue weighted by molar-refractivity contribution is 0.0920. The van der Waals surface area contributed by atoms with Gasteiger partial charge in [-0.15, -0.1) is 0 Å². The first-order valence-electron chi connectivity index (χ1n) is 9.59. The molecule has 0 saturated heterocycles. The third kappa shape index (κ3) is 3.98. The monoisotopic (exact) mass is 468 g/mol. The summed E-state index contributed by atoms with van der Waals surface area (Å²) in [6.07, 6.45) is 0.796. The number of furan rings is 1. The normalized spacial score (nSPS) is 15.0. The Bertz CT molecular complexity index is 1090. The van der Waals surface area contributed by atoms with E-state index in [1.54, 1.807) is 43.5 Å². The SMILES string of the molecule is COc1ccc(C(=O)N2c3cc(CNC(=O)c4ccc(Br)o4)ccc3C[C@H]2C)cc1. The fraction of sp³-hybridized carbons (Fsp3) is 0.217. The van der Waals surface area contributed by atoms with Crippen LogP contribution in [0.4, 0.5) is 5.69 Å². The van der Waals surface area contributed by atoms with E-state index in [0.717, 1.165) is 23.2 Å². The molecule has 0 unspecified atom stereocenters. The zero-order chi connectivity index (χ0) is 21.3. The van der Waals surface area contributed by atoms with Crippen LogP contribution in [0.2, 0.25) is 0 Å². The zero-order valence-electron chi connectivity index (χ0n) is 16.6. The number of nitrogens with zero attached hydrogens (tertiary/aromatic N) is 1. The minimum absolute atomic E-state index is 0.0504. The van der Waals surface area contributed by atoms with Crippen LogP contribution in [0.1, 0.15) is 39.0 Å². The summed E-state index contributed by atoms with van der Waals surface area (Å²) in [5.74, 6) is 0.613. The number of nitrogens with one attached hydrogen (secondary N) is 1. The van der Waals surface area contributed by atoms with E-state index in [-0.39, 0.29) is 23.6 Å². The number of carbonyl (C=O) groups is 2. The molecule has 2 heterocycles. The number of carbonyl (C=O) groups excluding carboxylic acids is 2. The van der Waals surface area contributed by atoms with Crippen molar-refractivity contribution < 1.29 is 18.7 Å². The second-order valence-electron chi connectivity index (χ2n) is 7.21. The lowest BCUT2D eigenvalue weighted by Gasteiger charge is -2.23. The lowest BCUT2D eigenvalue weighted by Crippen LogP contribution is -2.35. The van der Waals surface area contributed by atoms with Crippen molar-refractivity contribution in [3.05, 3.63) is 81.7 Å². The molecule has 0 fully saturated rings. The second-order valence-corrected chi connectivity index (χ2v) is 7.99. The molecule has 1 aliphatic rings. The molecule has 2 aromatic carbocycles. The first-order chi connectivity index (χ1) is 14.5. The Hall–Kier alpha value is -3.06. The van der Waals surface area contributed by atoms with E-state index in [9.17, 15) is 9.59 Å². The summed E-state index contributed by atoms with van der Waals surface area (Å²) in [6.45, 7) is 2.38. The predicted octanol–water partition coefficient (Wildman–Crippen LogP) is 4.57. The number of fused-ring (bicyclic) bond motifs is 1. The van der Waals surface area contributed by atoms with Gasteiger partial charge in [-0.25, -0.2) is 0 Å². The average Bonchev–Trinajstić information content (AvgIpc) is 3.33. The molecule has 1 N–H and O–H groups in total. The Balaban J connectivity index is 1.52. The average molecular weight is 469 g/mol. The van der Waals surface area contributed by atoms with Gasteiger partial charge >= 0.3 is 0 Å². The van der Waals surface area contributed by atoms with E-state index < -0.39 is 0 Å². The Kier molecular flexibility index (Phi) is 5.63. The first kappa shape index (κ1) is 20.2. The highest BCUT2D eigenvalue weighted by molar-refractivity contribution is 9.10. The van der Waals surface area contributed by atoms with Crippen LogP contribution in [0.15, 0.2) is 63.7 Å². The quantitative estimate of drug-likeness (QED) is 0.594. The Morgan fingerprint density at radius 3 is 2.60 bits per heavy atom. The van der Waals surface area contributed by atoms with Crippen molar-refractivity contribution in [2.75, 3.05) is 12.0 Å². The topological polar surface area (TPSA) is 71.8 Å². The van der Waals surface area contributed by atoms with Gasteiger partial charge in [0.25, 0.3) is 11.8 Å². The summed E-state index contributed by atoms with van der Waals surface area (Å²) < 4.78 is 11.0. The minimum atomic E-state index is -0.291. The van der Waals surface area contributed by atoms with Gasteiger partial charge in [0.05, 0.1) is 7.11 Å². The van der Waals surface area contributed by atoms with Crippen molar-refractivity contribution in [1.82, 2.24) is 5.32 Å². The number of amides is 2. The van der Waals surface area contributed by atoms with Crippen LogP contribution in [-0.4, -0.2) is 25.0 Å². The van der Waals surface area contributed by atoms with Gasteiger partial charge in [-0.2, -0.15) is 0 Å². The number of ether oxygens (including phenoxy) is 1. The highest BCUT2D eigenvalue weighted by atomic mass is 79.9. The zero-order valence-corrected chi connectivity index (χ0v) is 18.2. The third-order valence-corrected chi connectivity index (χ3v) is 5.60. The summed E-state index contributed by atoms with van der Waals surface area (Å²) in [6, 6.07) is 16.4. The highest BCUT2D eigenvalue weighted by Crippen LogP contribution is 2.34. The minimum Gasteiger partial charge on any atom is -0.497 e. The van der Waals surface area contributed by atoms with E-state index in [4.69, 9.17) is 9.15 Å². The van der Waals surface area contributed by atoms with Crippen LogP contribution >= 0.6 is 15.9 Å². The molecule has 1 atom stereocenters. The van der Waals surface area contributed by atoms with Crippen molar-refractivity contribution in [2.24, 2.45) is 0 Å². The number of anilines is 1. The number of halogens is 1. The number of hydrogen-bond acceptors (Lipinski definition) is 4. The molecule has 4 rings (SSSR count). The van der Waals surface area contributed by atoms with E-state index >= 15 is 0 Å². The third-order valence-electron chi connectivity index (χ3n) is 5.17. The molecule has 0 aliphatic carbocycles. The van der Waals surface area contributed by atoms with Crippen molar-refractivity contribution in [3.8, 4) is 5.75 Å². The number of benzene rings is 2. The van der Waals surface area contributed by atoms with E-state index in [1.807, 2.05) is 30.0 Å². The van der Waals surface area contributed by atoms with Crippen LogP contribution in [0.25, 0.3) is 0 Å². The maximum atomic E-state index is 13.2. The van der Waals surface area contributed by atoms with Crippen molar-refractivity contribution in [1.29, 1.82) is 0 Å². The summed E-state index contributed by atoms with van der Waals surface area (Å²) in [7, 11) is 1.60. The lowest BCUT2D eigenvalue weighted by atomic mass is 10.1. The predicted molar refractivity (Wildman–Crippen MR) is 117 cm³/mol. The van der Waals surface area contributed by atoms with Gasteiger partial charge in [0.1, 0.15) is 5.75 Å². The van der Waals surface area contributed by atoms with E-state index in [0.29, 0.717) is 22.5 Å². The van der Waals surface area contributed by atoms with Gasteiger partial charge in [0, 0.05) is 23.8 Å². The highest BCUT2D eigenvalue weighted by Gasteiger charge is 2.31. The molecule has 3 aromatic rings. The summed E-state index contributed by atoms with van der Waals surface area (Å²) in [5.41, 5.74) is 3.53. The molecule has 0 radical (unpaired) electrons. The first-order valence-corrected chi connectivity index (χ1v) is 10.4. The fourth-order valence-corrected chi connectivity index (χ4v) is 3.96. The van der Waals surface area contributed by atoms with Gasteiger partial charge in [-0.3, -0.25) is 9.59 Å². The van der Waals surface area contributed by atoms with Crippen molar-refractivity contribution in [2.45, 2.75) is 25.9 Å². The van der Waals surface area contributed by atoms with Gasteiger partial charge in [0.15, 0.2) is 10.4 Å². The smallest absolute Gasteiger partial charge is 0.287 e. The molecule has 7 heteroatoms. The summed E-state index contributed by atoms with van der Waals surface area (Å²) in [4.78, 5) is 27.2. The molecule has 1 aliphatic heterocycles. The van der Waals surface area contributed by atoms with E-state index in [1.165, 1.54) is 0 Å². The largest absolute Gasteiger partial charge is 0.497 e. The van der Waals surface area contributed by atoms with Gasteiger partial charge < -0.3 is 19.4 Å². The second kappa shape index (κ2) is 8.36. The number of hydrogen-bond donors (Lipinski definition) is 1. The van der Waals surface area contributed by atoms with Gasteiger partial charge in [0.2, 0.25) is 0 Å². The Morgan fingerprint density at radius 1 is 1.17 bits per heavy atom. The molecule has 0 spiro atoms. The van der Waals surface area contributed by atoms with Crippen molar-refractivity contribution in [3.63, 3.8) is 0 Å². The summed E-state index contributed by atoms with van der Waals surface area (Å²) >= 11 is 3.19. The van der Waals surface area contributed by atoms with Crippen LogP contribution in [0.5, 0.6) is 5.75 Å². The van der Waals surface area contributed by atoms with Crippen molar-refractivity contribution >= 4 is 33.4 Å². The maximum Gasteiger partial charge on any atom is 0.287 e. The van der Waals surface area contributed by atoms with Crippen LogP contribution in [0, 0.1) is 0 Å². The molecule has 6 nitrogen and oxygen atoms in total. The van der Waals surface area contributed by atoms with Crippen LogP contribution < -0.4 is 15.0 Å².